The first kappa shape index (κ1) is 9.92. The molecule has 0 aliphatic rings. The molecule has 1 radical (unpaired) electrons. The van der Waals surface area contributed by atoms with Crippen molar-refractivity contribution in [2.45, 2.75) is 0 Å². The number of hydrogen-bond acceptors (Lipinski definition) is 1. The predicted molar refractivity (Wildman–Crippen MR) is 25.7 cm³/mol. The molecule has 1 nitrogen and oxygen atoms in total. The SMILES string of the molecule is CS(C)=O.[K]. The van der Waals surface area contributed by atoms with Crippen LogP contribution in [0.2, 0.25) is 0 Å². The van der Waals surface area contributed by atoms with Crippen molar-refractivity contribution < 1.29 is 4.21 Å². The predicted octanol–water partition coefficient (Wildman–Crippen LogP) is -0.386. The molecule has 0 aromatic rings. The first-order valence-electron chi connectivity index (χ1n) is 0.983. The summed E-state index contributed by atoms with van der Waals surface area (Å²) in [5, 5.41) is 0. The molecule has 0 bridgehead atoms. The zero-order chi connectivity index (χ0) is 3.58. The van der Waals surface area contributed by atoms with Crippen LogP contribution in [0.25, 0.3) is 0 Å². The van der Waals surface area contributed by atoms with Crippen molar-refractivity contribution in [1.82, 2.24) is 0 Å². The van der Waals surface area contributed by atoms with Gasteiger partial charge in [-0.1, -0.05) is 0 Å². The molecular formula is C2H6KOS. The Morgan fingerprint density at radius 3 is 1.40 bits per heavy atom. The van der Waals surface area contributed by atoms with Gasteiger partial charge in [0, 0.05) is 74.7 Å². The van der Waals surface area contributed by atoms with Crippen molar-refractivity contribution in [3.8, 4) is 0 Å². The van der Waals surface area contributed by atoms with E-state index in [1.54, 1.807) is 12.5 Å². The van der Waals surface area contributed by atoms with Crippen LogP contribution in [0.3, 0.4) is 0 Å². The zero-order valence-corrected chi connectivity index (χ0v) is 7.76. The molecule has 0 aliphatic heterocycles. The van der Waals surface area contributed by atoms with Crippen molar-refractivity contribution >= 4 is 62.2 Å². The molecule has 0 amide bonds. The molecule has 0 aromatic heterocycles. The fourth-order valence-corrected chi connectivity index (χ4v) is 0. The van der Waals surface area contributed by atoms with Gasteiger partial charge in [-0.15, -0.1) is 0 Å². The summed E-state index contributed by atoms with van der Waals surface area (Å²) in [6.45, 7) is 0. The molecule has 0 spiro atoms. The van der Waals surface area contributed by atoms with E-state index in [0.29, 0.717) is 0 Å². The Morgan fingerprint density at radius 2 is 1.40 bits per heavy atom. The summed E-state index contributed by atoms with van der Waals surface area (Å²) in [5.74, 6) is 0. The van der Waals surface area contributed by atoms with E-state index < -0.39 is 10.8 Å². The Bertz CT molecular complexity index is 32.6. The third-order valence-corrected chi connectivity index (χ3v) is 0. The minimum Gasteiger partial charge on any atom is -0.260 e. The van der Waals surface area contributed by atoms with Gasteiger partial charge in [0.15, 0.2) is 0 Å². The standard InChI is InChI=1S/C2H6OS.K/c1-4(2)3;/h1-2H3;. The minimum absolute atomic E-state index is 0. The van der Waals surface area contributed by atoms with Crippen LogP contribution in [0.15, 0.2) is 0 Å². The van der Waals surface area contributed by atoms with Gasteiger partial charge in [-0.3, -0.25) is 4.21 Å². The minimum atomic E-state index is -0.611. The van der Waals surface area contributed by atoms with Crippen LogP contribution >= 0.6 is 0 Å². The summed E-state index contributed by atoms with van der Waals surface area (Å²) >= 11 is 0. The molecule has 0 saturated carbocycles. The quantitative estimate of drug-likeness (QED) is 0.395. The molecule has 0 fully saturated rings. The van der Waals surface area contributed by atoms with E-state index in [4.69, 9.17) is 0 Å². The van der Waals surface area contributed by atoms with Crippen LogP contribution in [0.1, 0.15) is 0 Å². The molecule has 0 unspecified atom stereocenters. The molecule has 0 rings (SSSR count). The average molecular weight is 117 g/mol. The molecule has 0 aromatic carbocycles. The molecule has 0 N–H and O–H groups in total. The van der Waals surface area contributed by atoms with E-state index >= 15 is 0 Å². The van der Waals surface area contributed by atoms with Gasteiger partial charge in [0.2, 0.25) is 0 Å². The van der Waals surface area contributed by atoms with Crippen LogP contribution in [0, 0.1) is 0 Å². The van der Waals surface area contributed by atoms with Crippen LogP contribution < -0.4 is 0 Å². The summed E-state index contributed by atoms with van der Waals surface area (Å²) in [4.78, 5) is 0. The van der Waals surface area contributed by atoms with E-state index in [1.807, 2.05) is 0 Å². The Labute approximate surface area is 77.4 Å². The monoisotopic (exact) mass is 117 g/mol. The number of hydrogen-bond donors (Lipinski definition) is 0. The Hall–Kier alpha value is 1.79. The van der Waals surface area contributed by atoms with Gasteiger partial charge in [-0.05, 0) is 0 Å². The third kappa shape index (κ3) is 26.0. The van der Waals surface area contributed by atoms with E-state index in [2.05, 4.69) is 0 Å². The van der Waals surface area contributed by atoms with Crippen molar-refractivity contribution in [2.24, 2.45) is 0 Å². The molecule has 0 saturated heterocycles. The van der Waals surface area contributed by atoms with Crippen LogP contribution in [0.5, 0.6) is 0 Å². The maximum Gasteiger partial charge on any atom is 0.0148 e. The third-order valence-electron chi connectivity index (χ3n) is 0. The van der Waals surface area contributed by atoms with Crippen molar-refractivity contribution in [2.75, 3.05) is 12.5 Å². The molecule has 0 heterocycles. The maximum atomic E-state index is 9.56. The second-order valence-electron chi connectivity index (χ2n) is 0.742. The largest absolute Gasteiger partial charge is 0.260 e. The van der Waals surface area contributed by atoms with Gasteiger partial charge in [-0.2, -0.15) is 0 Å². The van der Waals surface area contributed by atoms with Crippen LogP contribution in [-0.2, 0) is 10.8 Å². The van der Waals surface area contributed by atoms with Gasteiger partial charge in [0.05, 0.1) is 0 Å². The summed E-state index contributed by atoms with van der Waals surface area (Å²) in [6.07, 6.45) is 3.28. The smallest absolute Gasteiger partial charge is 0.0148 e. The topological polar surface area (TPSA) is 17.1 Å². The van der Waals surface area contributed by atoms with E-state index in [0.717, 1.165) is 0 Å². The summed E-state index contributed by atoms with van der Waals surface area (Å²) in [7, 11) is -0.611. The fourth-order valence-electron chi connectivity index (χ4n) is 0. The summed E-state index contributed by atoms with van der Waals surface area (Å²) in [6, 6.07) is 0. The van der Waals surface area contributed by atoms with Gasteiger partial charge >= 0.3 is 0 Å². The molecule has 0 atom stereocenters. The normalized spacial score (nSPS) is 7.00. The fraction of sp³-hybridized carbons (Fsp3) is 1.00. The first-order chi connectivity index (χ1) is 1.73. The van der Waals surface area contributed by atoms with Crippen LogP contribution in [0.4, 0.5) is 0 Å². The second-order valence-corrected chi connectivity index (χ2v) is 2.22. The summed E-state index contributed by atoms with van der Waals surface area (Å²) < 4.78 is 9.56. The Kier molecular flexibility index (Phi) is 11.5. The van der Waals surface area contributed by atoms with Gasteiger partial charge < -0.3 is 0 Å². The maximum absolute atomic E-state index is 9.56. The molecular weight excluding hydrogens is 111 g/mol. The van der Waals surface area contributed by atoms with Crippen molar-refractivity contribution in [1.29, 1.82) is 0 Å². The van der Waals surface area contributed by atoms with Gasteiger partial charge in [0.1, 0.15) is 0 Å². The molecule has 0 aliphatic carbocycles. The van der Waals surface area contributed by atoms with Crippen molar-refractivity contribution in [3.05, 3.63) is 0 Å². The van der Waals surface area contributed by atoms with Crippen molar-refractivity contribution in [3.63, 3.8) is 0 Å². The van der Waals surface area contributed by atoms with Gasteiger partial charge in [-0.25, -0.2) is 0 Å². The first-order valence-corrected chi connectivity index (χ1v) is 2.95. The Balaban J connectivity index is 0. The molecule has 27 valence electrons. The molecule has 5 heavy (non-hydrogen) atoms. The summed E-state index contributed by atoms with van der Waals surface area (Å²) in [5.41, 5.74) is 0. The Morgan fingerprint density at radius 1 is 1.40 bits per heavy atom. The van der Waals surface area contributed by atoms with E-state index in [-0.39, 0.29) is 51.4 Å². The van der Waals surface area contributed by atoms with Crippen LogP contribution in [-0.4, -0.2) is 68.1 Å². The van der Waals surface area contributed by atoms with Gasteiger partial charge in [0.25, 0.3) is 0 Å². The van der Waals surface area contributed by atoms with E-state index in [9.17, 15) is 4.21 Å². The number of rotatable bonds is 0. The second kappa shape index (κ2) is 5.79. The molecule has 3 heteroatoms. The average Bonchev–Trinajstić information content (AvgIpc) is 0.811. The zero-order valence-electron chi connectivity index (χ0n) is 3.82. The van der Waals surface area contributed by atoms with E-state index in [1.165, 1.54) is 0 Å².